The molecule has 1 atom stereocenters. The summed E-state index contributed by atoms with van der Waals surface area (Å²) in [5.74, 6) is -1.28. The Labute approximate surface area is 242 Å². The zero-order valence-electron chi connectivity index (χ0n) is 23.8. The molecule has 0 aliphatic rings. The summed E-state index contributed by atoms with van der Waals surface area (Å²) in [6.07, 6.45) is 2.78. The number of unbranched alkanes of at least 4 members (excludes halogenated alkanes) is 1. The fourth-order valence-corrected chi connectivity index (χ4v) is 5.26. The Morgan fingerprint density at radius 2 is 1.61 bits per heavy atom. The topological polar surface area (TPSA) is 96.0 Å². The molecule has 3 aromatic rings. The van der Waals surface area contributed by atoms with Gasteiger partial charge >= 0.3 is 0 Å². The van der Waals surface area contributed by atoms with Crippen LogP contribution in [0.1, 0.15) is 37.8 Å². The van der Waals surface area contributed by atoms with Crippen LogP contribution >= 0.6 is 0 Å². The third-order valence-electron chi connectivity index (χ3n) is 6.51. The van der Waals surface area contributed by atoms with Crippen LogP contribution in [0.5, 0.6) is 5.75 Å². The minimum Gasteiger partial charge on any atom is -0.492 e. The van der Waals surface area contributed by atoms with E-state index in [1.54, 1.807) is 49.4 Å². The first-order valence-corrected chi connectivity index (χ1v) is 15.5. The van der Waals surface area contributed by atoms with E-state index in [1.807, 2.05) is 37.3 Å². The smallest absolute Gasteiger partial charge is 0.244 e. The molecule has 0 heterocycles. The van der Waals surface area contributed by atoms with Crippen LogP contribution in [0.2, 0.25) is 0 Å². The quantitative estimate of drug-likeness (QED) is 0.265. The van der Waals surface area contributed by atoms with Crippen molar-refractivity contribution >= 4 is 27.5 Å². The van der Waals surface area contributed by atoms with Gasteiger partial charge in [-0.25, -0.2) is 12.8 Å². The van der Waals surface area contributed by atoms with Crippen LogP contribution in [0.15, 0.2) is 78.9 Å². The van der Waals surface area contributed by atoms with Gasteiger partial charge < -0.3 is 15.0 Å². The van der Waals surface area contributed by atoms with Gasteiger partial charge in [-0.3, -0.25) is 13.9 Å². The Morgan fingerprint density at radius 1 is 0.951 bits per heavy atom. The van der Waals surface area contributed by atoms with E-state index in [0.29, 0.717) is 18.9 Å². The van der Waals surface area contributed by atoms with E-state index >= 15 is 0 Å². The number of benzene rings is 3. The van der Waals surface area contributed by atoms with Crippen LogP contribution < -0.4 is 14.4 Å². The molecule has 0 radical (unpaired) electrons. The molecule has 10 heteroatoms. The van der Waals surface area contributed by atoms with Crippen molar-refractivity contribution in [2.75, 3.05) is 30.3 Å². The number of anilines is 1. The third kappa shape index (κ3) is 9.04. The molecule has 3 rings (SSSR count). The van der Waals surface area contributed by atoms with Gasteiger partial charge in [-0.05, 0) is 37.1 Å². The normalized spacial score (nSPS) is 11.9. The molecule has 2 amide bonds. The number of carbonyl (C=O) groups is 2. The van der Waals surface area contributed by atoms with Gasteiger partial charge in [-0.15, -0.1) is 0 Å². The maximum atomic E-state index is 14.8. The zero-order chi connectivity index (χ0) is 29.8. The first kappa shape index (κ1) is 31.6. The summed E-state index contributed by atoms with van der Waals surface area (Å²) < 4.78 is 47.4. The molecule has 0 unspecified atom stereocenters. The predicted molar refractivity (Wildman–Crippen MR) is 159 cm³/mol. The van der Waals surface area contributed by atoms with Crippen molar-refractivity contribution in [3.63, 3.8) is 0 Å². The summed E-state index contributed by atoms with van der Waals surface area (Å²) in [5, 5.41) is 2.90. The second kappa shape index (κ2) is 15.2. The van der Waals surface area contributed by atoms with E-state index in [1.165, 1.54) is 11.0 Å². The number of para-hydroxylation sites is 2. The Balaban J connectivity index is 2.07. The van der Waals surface area contributed by atoms with Crippen molar-refractivity contribution in [2.45, 2.75) is 45.7 Å². The van der Waals surface area contributed by atoms with Gasteiger partial charge in [-0.2, -0.15) is 0 Å². The fraction of sp³-hybridized carbons (Fsp3) is 0.355. The number of rotatable bonds is 15. The number of ether oxygens (including phenoxy) is 1. The molecular formula is C31H38FN3O5S. The molecule has 41 heavy (non-hydrogen) atoms. The Kier molecular flexibility index (Phi) is 11.7. The number of nitrogens with zero attached hydrogens (tertiary/aromatic N) is 2. The van der Waals surface area contributed by atoms with Crippen LogP contribution in [0.3, 0.4) is 0 Å². The number of hydrogen-bond acceptors (Lipinski definition) is 5. The summed E-state index contributed by atoms with van der Waals surface area (Å²) in [4.78, 5) is 29.0. The highest BCUT2D eigenvalue weighted by Crippen LogP contribution is 2.30. The standard InChI is InChI=1S/C31H38FN3O5S/c1-4-6-20-33-31(37)28(21-24-14-8-7-9-15-24)34(22-25-16-10-11-17-26(25)32)30(36)23-35(41(3,38)39)27-18-12-13-19-29(27)40-5-2/h7-19,28H,4-6,20-23H2,1-3H3,(H,33,37)/t28-/m1/s1. The number of carbonyl (C=O) groups excluding carboxylic acids is 2. The zero-order valence-corrected chi connectivity index (χ0v) is 24.6. The largest absolute Gasteiger partial charge is 0.492 e. The van der Waals surface area contributed by atoms with Gasteiger partial charge in [0, 0.05) is 25.1 Å². The average Bonchev–Trinajstić information content (AvgIpc) is 2.95. The highest BCUT2D eigenvalue weighted by atomic mass is 32.2. The van der Waals surface area contributed by atoms with Gasteiger partial charge in [0.2, 0.25) is 21.8 Å². The van der Waals surface area contributed by atoms with Crippen LogP contribution in [0.25, 0.3) is 0 Å². The summed E-state index contributed by atoms with van der Waals surface area (Å²) >= 11 is 0. The fourth-order valence-electron chi connectivity index (χ4n) is 4.41. The molecule has 3 aromatic carbocycles. The van der Waals surface area contributed by atoms with E-state index in [2.05, 4.69) is 5.32 Å². The van der Waals surface area contributed by atoms with Gasteiger partial charge in [-0.1, -0.05) is 74.0 Å². The highest BCUT2D eigenvalue weighted by molar-refractivity contribution is 7.92. The monoisotopic (exact) mass is 583 g/mol. The SMILES string of the molecule is CCCCNC(=O)[C@@H](Cc1ccccc1)N(Cc1ccccc1F)C(=O)CN(c1ccccc1OCC)S(C)(=O)=O. The lowest BCUT2D eigenvalue weighted by Crippen LogP contribution is -2.53. The predicted octanol–water partition coefficient (Wildman–Crippen LogP) is 4.55. The van der Waals surface area contributed by atoms with Gasteiger partial charge in [0.1, 0.15) is 24.2 Å². The Morgan fingerprint density at radius 3 is 2.27 bits per heavy atom. The molecule has 0 bridgehead atoms. The lowest BCUT2D eigenvalue weighted by Gasteiger charge is -2.33. The molecule has 8 nitrogen and oxygen atoms in total. The minimum atomic E-state index is -3.96. The molecule has 0 fully saturated rings. The van der Waals surface area contributed by atoms with Crippen molar-refractivity contribution in [3.05, 3.63) is 95.8 Å². The second-order valence-corrected chi connectivity index (χ2v) is 11.5. The highest BCUT2D eigenvalue weighted by Gasteiger charge is 2.34. The summed E-state index contributed by atoms with van der Waals surface area (Å²) in [7, 11) is -3.96. The van der Waals surface area contributed by atoms with Gasteiger partial charge in [0.05, 0.1) is 18.6 Å². The number of nitrogens with one attached hydrogen (secondary N) is 1. The lowest BCUT2D eigenvalue weighted by molar-refractivity contribution is -0.140. The van der Waals surface area contributed by atoms with Crippen LogP contribution in [0.4, 0.5) is 10.1 Å². The van der Waals surface area contributed by atoms with E-state index in [9.17, 15) is 22.4 Å². The van der Waals surface area contributed by atoms with Crippen molar-refractivity contribution in [1.82, 2.24) is 10.2 Å². The van der Waals surface area contributed by atoms with Crippen molar-refractivity contribution in [3.8, 4) is 5.75 Å². The maximum Gasteiger partial charge on any atom is 0.244 e. The second-order valence-electron chi connectivity index (χ2n) is 9.63. The molecule has 0 aromatic heterocycles. The molecular weight excluding hydrogens is 545 g/mol. The van der Waals surface area contributed by atoms with Gasteiger partial charge in [0.15, 0.2) is 0 Å². The van der Waals surface area contributed by atoms with Crippen LogP contribution in [-0.4, -0.2) is 57.1 Å². The van der Waals surface area contributed by atoms with E-state index in [-0.39, 0.29) is 24.2 Å². The molecule has 0 saturated heterocycles. The molecule has 0 saturated carbocycles. The molecule has 0 aliphatic heterocycles. The van der Waals surface area contributed by atoms with Crippen LogP contribution in [-0.2, 0) is 32.6 Å². The molecule has 220 valence electrons. The van der Waals surface area contributed by atoms with Crippen LogP contribution in [0, 0.1) is 5.82 Å². The van der Waals surface area contributed by atoms with E-state index < -0.39 is 40.2 Å². The number of amides is 2. The number of sulfonamides is 1. The summed E-state index contributed by atoms with van der Waals surface area (Å²) in [5.41, 5.74) is 1.21. The first-order chi connectivity index (χ1) is 19.7. The summed E-state index contributed by atoms with van der Waals surface area (Å²) in [6.45, 7) is 3.65. The number of halogens is 1. The lowest BCUT2D eigenvalue weighted by atomic mass is 10.0. The third-order valence-corrected chi connectivity index (χ3v) is 7.64. The molecule has 0 spiro atoms. The Hall–Kier alpha value is -3.92. The Bertz CT molecular complexity index is 1400. The molecule has 0 aliphatic carbocycles. The average molecular weight is 584 g/mol. The van der Waals surface area contributed by atoms with Crippen molar-refractivity contribution in [2.24, 2.45) is 0 Å². The summed E-state index contributed by atoms with van der Waals surface area (Å²) in [6, 6.07) is 20.7. The maximum absolute atomic E-state index is 14.8. The number of hydrogen-bond donors (Lipinski definition) is 1. The van der Waals surface area contributed by atoms with E-state index in [0.717, 1.165) is 29.0 Å². The van der Waals surface area contributed by atoms with Crippen molar-refractivity contribution in [1.29, 1.82) is 0 Å². The minimum absolute atomic E-state index is 0.160. The first-order valence-electron chi connectivity index (χ1n) is 13.7. The van der Waals surface area contributed by atoms with E-state index in [4.69, 9.17) is 4.74 Å². The van der Waals surface area contributed by atoms with Gasteiger partial charge in [0.25, 0.3) is 0 Å². The molecule has 1 N–H and O–H groups in total. The van der Waals surface area contributed by atoms with Crippen molar-refractivity contribution < 1.29 is 27.1 Å².